The van der Waals surface area contributed by atoms with Crippen molar-refractivity contribution < 1.29 is 14.5 Å². The van der Waals surface area contributed by atoms with E-state index in [9.17, 15) is 14.9 Å². The van der Waals surface area contributed by atoms with Gasteiger partial charge in [0.25, 0.3) is 5.69 Å². The molecule has 0 N–H and O–H groups in total. The molecule has 102 valence electrons. The lowest BCUT2D eigenvalue weighted by molar-refractivity contribution is -0.384. The summed E-state index contributed by atoms with van der Waals surface area (Å²) in [5.74, 6) is 0. The van der Waals surface area contributed by atoms with Crippen LogP contribution in [0.15, 0.2) is 24.3 Å². The number of hydrogen-bond acceptors (Lipinski definition) is 5. The van der Waals surface area contributed by atoms with E-state index in [1.54, 1.807) is 17.0 Å². The molecule has 0 aliphatic carbocycles. The number of nitro groups is 1. The van der Waals surface area contributed by atoms with Crippen molar-refractivity contribution in [2.24, 2.45) is 0 Å². The van der Waals surface area contributed by atoms with E-state index in [0.717, 1.165) is 5.69 Å². The molecule has 1 aromatic rings. The van der Waals surface area contributed by atoms with Gasteiger partial charge < -0.3 is 14.5 Å². The highest BCUT2D eigenvalue weighted by atomic mass is 16.6. The van der Waals surface area contributed by atoms with Gasteiger partial charge in [0.15, 0.2) is 0 Å². The monoisotopic (exact) mass is 265 g/mol. The number of anilines is 1. The molecule has 1 aromatic carbocycles. The van der Waals surface area contributed by atoms with Crippen molar-refractivity contribution in [2.45, 2.75) is 0 Å². The highest BCUT2D eigenvalue weighted by Gasteiger charge is 2.21. The Balaban J connectivity index is 1.97. The average Bonchev–Trinajstić information content (AvgIpc) is 2.46. The maximum Gasteiger partial charge on any atom is 0.409 e. The topological polar surface area (TPSA) is 75.9 Å². The van der Waals surface area contributed by atoms with Crippen LogP contribution in [0.2, 0.25) is 0 Å². The fraction of sp³-hybridized carbons (Fsp3) is 0.417. The van der Waals surface area contributed by atoms with E-state index >= 15 is 0 Å². The van der Waals surface area contributed by atoms with Crippen LogP contribution in [0.1, 0.15) is 0 Å². The smallest absolute Gasteiger partial charge is 0.409 e. The second-order valence-electron chi connectivity index (χ2n) is 4.22. The van der Waals surface area contributed by atoms with Gasteiger partial charge in [-0.1, -0.05) is 0 Å². The predicted molar refractivity (Wildman–Crippen MR) is 69.3 cm³/mol. The van der Waals surface area contributed by atoms with E-state index in [0.29, 0.717) is 26.2 Å². The van der Waals surface area contributed by atoms with Gasteiger partial charge in [-0.25, -0.2) is 4.79 Å². The van der Waals surface area contributed by atoms with Crippen molar-refractivity contribution >= 4 is 17.5 Å². The number of amides is 1. The second kappa shape index (κ2) is 5.55. The van der Waals surface area contributed by atoms with Crippen LogP contribution in [-0.4, -0.2) is 49.2 Å². The van der Waals surface area contributed by atoms with Crippen LogP contribution in [0, 0.1) is 10.1 Å². The molecule has 1 aliphatic rings. The summed E-state index contributed by atoms with van der Waals surface area (Å²) < 4.78 is 4.67. The zero-order valence-corrected chi connectivity index (χ0v) is 10.6. The van der Waals surface area contributed by atoms with Crippen LogP contribution in [-0.2, 0) is 4.74 Å². The molecule has 0 bridgehead atoms. The number of carbonyl (C=O) groups excluding carboxylic acids is 1. The van der Waals surface area contributed by atoms with Gasteiger partial charge in [-0.05, 0) is 12.1 Å². The van der Waals surface area contributed by atoms with E-state index in [2.05, 4.69) is 9.64 Å². The molecule has 2 rings (SSSR count). The van der Waals surface area contributed by atoms with Crippen LogP contribution in [0.3, 0.4) is 0 Å². The number of piperazine rings is 1. The third-order valence-corrected chi connectivity index (χ3v) is 3.14. The van der Waals surface area contributed by atoms with Crippen LogP contribution >= 0.6 is 0 Å². The molecule has 0 radical (unpaired) electrons. The van der Waals surface area contributed by atoms with Gasteiger partial charge in [0.2, 0.25) is 0 Å². The second-order valence-corrected chi connectivity index (χ2v) is 4.22. The van der Waals surface area contributed by atoms with Crippen molar-refractivity contribution in [3.8, 4) is 0 Å². The molecule has 1 heterocycles. The normalized spacial score (nSPS) is 15.2. The van der Waals surface area contributed by atoms with Crippen LogP contribution in [0.5, 0.6) is 0 Å². The van der Waals surface area contributed by atoms with Gasteiger partial charge in [-0.15, -0.1) is 0 Å². The Labute approximate surface area is 110 Å². The molecule has 1 amide bonds. The fourth-order valence-electron chi connectivity index (χ4n) is 2.06. The molecule has 7 nitrogen and oxygen atoms in total. The van der Waals surface area contributed by atoms with Crippen LogP contribution < -0.4 is 4.90 Å². The van der Waals surface area contributed by atoms with E-state index in [-0.39, 0.29) is 11.8 Å². The number of rotatable bonds is 2. The standard InChI is InChI=1S/C12H15N3O4/c1-19-12(16)14-8-6-13(7-9-14)10-2-4-11(5-3-10)15(17)18/h2-5H,6-9H2,1H3. The van der Waals surface area contributed by atoms with E-state index < -0.39 is 4.92 Å². The molecular formula is C12H15N3O4. The lowest BCUT2D eigenvalue weighted by Crippen LogP contribution is -2.48. The number of non-ortho nitro benzene ring substituents is 1. The highest BCUT2D eigenvalue weighted by Crippen LogP contribution is 2.20. The minimum Gasteiger partial charge on any atom is -0.453 e. The lowest BCUT2D eigenvalue weighted by atomic mass is 10.2. The summed E-state index contributed by atoms with van der Waals surface area (Å²) >= 11 is 0. The van der Waals surface area contributed by atoms with E-state index in [1.807, 2.05) is 0 Å². The summed E-state index contributed by atoms with van der Waals surface area (Å²) in [6.07, 6.45) is -0.316. The van der Waals surface area contributed by atoms with E-state index in [1.165, 1.54) is 19.2 Å². The van der Waals surface area contributed by atoms with Gasteiger partial charge in [0.05, 0.1) is 12.0 Å². The van der Waals surface area contributed by atoms with Gasteiger partial charge in [-0.3, -0.25) is 10.1 Å². The number of carbonyl (C=O) groups is 1. The molecule has 0 saturated carbocycles. The Morgan fingerprint density at radius 1 is 1.21 bits per heavy atom. The third-order valence-electron chi connectivity index (χ3n) is 3.14. The molecule has 19 heavy (non-hydrogen) atoms. The largest absolute Gasteiger partial charge is 0.453 e. The fourth-order valence-corrected chi connectivity index (χ4v) is 2.06. The highest BCUT2D eigenvalue weighted by molar-refractivity contribution is 5.68. The first kappa shape index (κ1) is 13.1. The van der Waals surface area contributed by atoms with Crippen LogP contribution in [0.25, 0.3) is 0 Å². The summed E-state index contributed by atoms with van der Waals surface area (Å²) in [6, 6.07) is 6.43. The number of methoxy groups -OCH3 is 1. The predicted octanol–water partition coefficient (Wildman–Crippen LogP) is 1.48. The molecule has 1 aliphatic heterocycles. The van der Waals surface area contributed by atoms with Crippen molar-refractivity contribution in [1.82, 2.24) is 4.90 Å². The SMILES string of the molecule is COC(=O)N1CCN(c2ccc([N+](=O)[O-])cc2)CC1. The van der Waals surface area contributed by atoms with Crippen molar-refractivity contribution in [1.29, 1.82) is 0 Å². The summed E-state index contributed by atoms with van der Waals surface area (Å²) in [5, 5.41) is 10.6. The number of nitrogens with zero attached hydrogens (tertiary/aromatic N) is 3. The number of nitro benzene ring substituents is 1. The summed E-state index contributed by atoms with van der Waals surface area (Å²) in [4.78, 5) is 25.2. The Kier molecular flexibility index (Phi) is 3.84. The average molecular weight is 265 g/mol. The van der Waals surface area contributed by atoms with Gasteiger partial charge in [-0.2, -0.15) is 0 Å². The first-order chi connectivity index (χ1) is 9.11. The molecule has 0 atom stereocenters. The molecule has 0 unspecified atom stereocenters. The molecule has 0 spiro atoms. The molecule has 1 saturated heterocycles. The first-order valence-electron chi connectivity index (χ1n) is 5.94. The van der Waals surface area contributed by atoms with Crippen LogP contribution in [0.4, 0.5) is 16.2 Å². The summed E-state index contributed by atoms with van der Waals surface area (Å²) in [7, 11) is 1.37. The van der Waals surface area contributed by atoms with Crippen molar-refractivity contribution in [2.75, 3.05) is 38.2 Å². The Bertz CT molecular complexity index is 466. The van der Waals surface area contributed by atoms with Crippen molar-refractivity contribution in [3.63, 3.8) is 0 Å². The molecular weight excluding hydrogens is 250 g/mol. The molecule has 7 heteroatoms. The van der Waals surface area contributed by atoms with Crippen molar-refractivity contribution in [3.05, 3.63) is 34.4 Å². The number of ether oxygens (including phenoxy) is 1. The minimum absolute atomic E-state index is 0.0805. The molecule has 0 aromatic heterocycles. The maximum absolute atomic E-state index is 11.3. The summed E-state index contributed by atoms with van der Waals surface area (Å²) in [5.41, 5.74) is 1.01. The van der Waals surface area contributed by atoms with E-state index in [4.69, 9.17) is 0 Å². The summed E-state index contributed by atoms with van der Waals surface area (Å²) in [6.45, 7) is 2.55. The third kappa shape index (κ3) is 2.93. The Morgan fingerprint density at radius 3 is 2.26 bits per heavy atom. The minimum atomic E-state index is -0.418. The maximum atomic E-state index is 11.3. The zero-order valence-electron chi connectivity index (χ0n) is 10.6. The van der Waals surface area contributed by atoms with Gasteiger partial charge in [0, 0.05) is 44.0 Å². The number of benzene rings is 1. The Morgan fingerprint density at radius 2 is 1.79 bits per heavy atom. The quantitative estimate of drug-likeness (QED) is 0.598. The number of hydrogen-bond donors (Lipinski definition) is 0. The Hall–Kier alpha value is -2.31. The zero-order chi connectivity index (χ0) is 13.8. The first-order valence-corrected chi connectivity index (χ1v) is 5.94. The van der Waals surface area contributed by atoms with Gasteiger partial charge in [0.1, 0.15) is 0 Å². The molecule has 1 fully saturated rings. The lowest BCUT2D eigenvalue weighted by Gasteiger charge is -2.35. The van der Waals surface area contributed by atoms with Gasteiger partial charge >= 0.3 is 6.09 Å².